The Labute approximate surface area is 157 Å². The highest BCUT2D eigenvalue weighted by molar-refractivity contribution is 5.57. The Morgan fingerprint density at radius 2 is 1.96 bits per heavy atom. The number of nitrogens with zero attached hydrogens (tertiary/aromatic N) is 5. The first-order chi connectivity index (χ1) is 13.1. The third kappa shape index (κ3) is 3.64. The van der Waals surface area contributed by atoms with E-state index in [1.54, 1.807) is 30.0 Å². The van der Waals surface area contributed by atoms with Crippen molar-refractivity contribution >= 4 is 11.3 Å². The highest BCUT2D eigenvalue weighted by atomic mass is 16.5. The summed E-state index contributed by atoms with van der Waals surface area (Å²) < 4.78 is 7.02. The lowest BCUT2D eigenvalue weighted by Gasteiger charge is -2.36. The number of piperazine rings is 1. The van der Waals surface area contributed by atoms with Gasteiger partial charge < -0.3 is 9.64 Å². The van der Waals surface area contributed by atoms with Gasteiger partial charge in [-0.15, -0.1) is 0 Å². The minimum atomic E-state index is -0.0288. The van der Waals surface area contributed by atoms with Crippen LogP contribution in [0.3, 0.4) is 0 Å². The summed E-state index contributed by atoms with van der Waals surface area (Å²) in [5, 5.41) is 0. The molecular weight excluding hydrogens is 342 g/mol. The van der Waals surface area contributed by atoms with E-state index in [1.807, 2.05) is 31.3 Å². The Hall–Kier alpha value is -2.93. The molecule has 0 N–H and O–H groups in total. The lowest BCUT2D eigenvalue weighted by Crippen LogP contribution is -2.46. The smallest absolute Gasteiger partial charge is 0.258 e. The van der Waals surface area contributed by atoms with E-state index in [1.165, 1.54) is 0 Å². The van der Waals surface area contributed by atoms with Gasteiger partial charge in [-0.3, -0.25) is 19.1 Å². The van der Waals surface area contributed by atoms with Gasteiger partial charge in [0.1, 0.15) is 5.65 Å². The first-order valence-electron chi connectivity index (χ1n) is 9.08. The fourth-order valence-electron chi connectivity index (χ4n) is 3.51. The average molecular weight is 365 g/mol. The summed E-state index contributed by atoms with van der Waals surface area (Å²) in [6.07, 6.45) is 5.36. The highest BCUT2D eigenvalue weighted by Crippen LogP contribution is 2.27. The van der Waals surface area contributed by atoms with Crippen molar-refractivity contribution in [3.05, 3.63) is 64.5 Å². The van der Waals surface area contributed by atoms with Gasteiger partial charge in [-0.05, 0) is 24.6 Å². The summed E-state index contributed by atoms with van der Waals surface area (Å²) in [6.45, 7) is 6.25. The zero-order valence-corrected chi connectivity index (χ0v) is 15.6. The van der Waals surface area contributed by atoms with Crippen LogP contribution in [0, 0.1) is 6.92 Å². The van der Waals surface area contributed by atoms with Gasteiger partial charge in [0.05, 0.1) is 24.7 Å². The van der Waals surface area contributed by atoms with Gasteiger partial charge >= 0.3 is 0 Å². The van der Waals surface area contributed by atoms with E-state index >= 15 is 0 Å². The summed E-state index contributed by atoms with van der Waals surface area (Å²) in [7, 11) is 1.67. The Morgan fingerprint density at radius 3 is 2.74 bits per heavy atom. The van der Waals surface area contributed by atoms with E-state index in [9.17, 15) is 4.79 Å². The van der Waals surface area contributed by atoms with Crippen LogP contribution in [-0.2, 0) is 6.54 Å². The van der Waals surface area contributed by atoms with E-state index in [0.717, 1.165) is 48.9 Å². The molecule has 0 atom stereocenters. The minimum Gasteiger partial charge on any atom is -0.493 e. The first kappa shape index (κ1) is 17.5. The number of anilines is 1. The molecule has 7 nitrogen and oxygen atoms in total. The molecule has 4 rings (SSSR count). The molecule has 0 aliphatic carbocycles. The first-order valence-corrected chi connectivity index (χ1v) is 9.08. The molecule has 0 unspecified atom stereocenters. The molecule has 3 aromatic heterocycles. The van der Waals surface area contributed by atoms with Crippen LogP contribution < -0.4 is 15.2 Å². The van der Waals surface area contributed by atoms with Gasteiger partial charge in [0.15, 0.2) is 5.75 Å². The topological polar surface area (TPSA) is 63.0 Å². The molecule has 1 aliphatic heterocycles. The van der Waals surface area contributed by atoms with Crippen molar-refractivity contribution in [3.8, 4) is 5.75 Å². The van der Waals surface area contributed by atoms with Crippen molar-refractivity contribution in [2.75, 3.05) is 38.2 Å². The summed E-state index contributed by atoms with van der Waals surface area (Å²) in [5.41, 5.74) is 3.60. The number of ether oxygens (including phenoxy) is 1. The number of aromatic nitrogens is 3. The van der Waals surface area contributed by atoms with E-state index in [-0.39, 0.29) is 5.56 Å². The predicted molar refractivity (Wildman–Crippen MR) is 104 cm³/mol. The van der Waals surface area contributed by atoms with Crippen LogP contribution in [0.15, 0.2) is 47.7 Å². The van der Waals surface area contributed by atoms with Crippen molar-refractivity contribution in [1.29, 1.82) is 0 Å². The zero-order chi connectivity index (χ0) is 18.8. The maximum atomic E-state index is 12.4. The molecule has 0 aromatic carbocycles. The lowest BCUT2D eigenvalue weighted by atomic mass is 10.2. The normalized spacial score (nSPS) is 15.3. The van der Waals surface area contributed by atoms with Crippen LogP contribution in [0.1, 0.15) is 11.3 Å². The van der Waals surface area contributed by atoms with Crippen molar-refractivity contribution in [3.63, 3.8) is 0 Å². The van der Waals surface area contributed by atoms with Crippen molar-refractivity contribution in [1.82, 2.24) is 19.3 Å². The summed E-state index contributed by atoms with van der Waals surface area (Å²) in [6, 6.07) is 7.51. The Balaban J connectivity index is 1.46. The molecule has 0 spiro atoms. The Kier molecular flexibility index (Phi) is 4.77. The van der Waals surface area contributed by atoms with Crippen LogP contribution in [0.2, 0.25) is 0 Å². The van der Waals surface area contributed by atoms with Gasteiger partial charge in [0, 0.05) is 51.2 Å². The van der Waals surface area contributed by atoms with E-state index in [4.69, 9.17) is 4.74 Å². The second-order valence-electron chi connectivity index (χ2n) is 6.83. The lowest BCUT2D eigenvalue weighted by molar-refractivity contribution is 0.246. The molecule has 3 aromatic rings. The third-order valence-corrected chi connectivity index (χ3v) is 4.94. The predicted octanol–water partition coefficient (Wildman–Crippen LogP) is 1.73. The largest absolute Gasteiger partial charge is 0.493 e. The highest BCUT2D eigenvalue weighted by Gasteiger charge is 2.20. The number of aryl methyl sites for hydroxylation is 1. The fraction of sp³-hybridized carbons (Fsp3) is 0.350. The zero-order valence-electron chi connectivity index (χ0n) is 15.6. The molecule has 0 amide bonds. The molecule has 0 bridgehead atoms. The second-order valence-corrected chi connectivity index (χ2v) is 6.83. The molecule has 0 saturated carbocycles. The van der Waals surface area contributed by atoms with E-state index < -0.39 is 0 Å². The number of pyridine rings is 2. The molecule has 1 saturated heterocycles. The molecule has 0 radical (unpaired) electrons. The van der Waals surface area contributed by atoms with Crippen LogP contribution in [0.5, 0.6) is 5.75 Å². The van der Waals surface area contributed by atoms with Gasteiger partial charge in [0.25, 0.3) is 5.56 Å². The van der Waals surface area contributed by atoms with Crippen molar-refractivity contribution < 1.29 is 4.74 Å². The van der Waals surface area contributed by atoms with Gasteiger partial charge in [-0.1, -0.05) is 6.07 Å². The maximum absolute atomic E-state index is 12.4. The number of hydrogen-bond acceptors (Lipinski definition) is 6. The monoisotopic (exact) mass is 365 g/mol. The van der Waals surface area contributed by atoms with Crippen LogP contribution >= 0.6 is 0 Å². The molecule has 27 heavy (non-hydrogen) atoms. The average Bonchev–Trinajstić information content (AvgIpc) is 2.69. The second kappa shape index (κ2) is 7.36. The minimum absolute atomic E-state index is 0.0288. The molecule has 140 valence electrons. The summed E-state index contributed by atoms with van der Waals surface area (Å²) in [5.74, 6) is 0.797. The summed E-state index contributed by atoms with van der Waals surface area (Å²) in [4.78, 5) is 25.8. The van der Waals surface area contributed by atoms with E-state index in [2.05, 4.69) is 19.8 Å². The van der Waals surface area contributed by atoms with Crippen LogP contribution in [0.4, 0.5) is 5.69 Å². The number of hydrogen-bond donors (Lipinski definition) is 0. The molecule has 1 aliphatic rings. The van der Waals surface area contributed by atoms with Crippen molar-refractivity contribution in [2.45, 2.75) is 13.5 Å². The third-order valence-electron chi connectivity index (χ3n) is 4.94. The molecule has 4 heterocycles. The number of methoxy groups -OCH3 is 1. The fourth-order valence-corrected chi connectivity index (χ4v) is 3.51. The molecular formula is C20H23N5O2. The number of fused-ring (bicyclic) bond motifs is 1. The standard InChI is InChI=1S/C20H23N5O2/c1-15-3-4-19-22-16(11-20(26)25(19)13-15)14-23-7-9-24(10-8-23)17-5-6-21-12-18(17)27-2/h3-6,11-13H,7-10,14H2,1-2H3. The van der Waals surface area contributed by atoms with Gasteiger partial charge in [-0.25, -0.2) is 4.98 Å². The van der Waals surface area contributed by atoms with Gasteiger partial charge in [0.2, 0.25) is 0 Å². The summed E-state index contributed by atoms with van der Waals surface area (Å²) >= 11 is 0. The Bertz CT molecular complexity index is 1010. The molecule has 1 fully saturated rings. The van der Waals surface area contributed by atoms with E-state index in [0.29, 0.717) is 12.2 Å². The Morgan fingerprint density at radius 1 is 1.15 bits per heavy atom. The van der Waals surface area contributed by atoms with Crippen molar-refractivity contribution in [2.24, 2.45) is 0 Å². The molecule has 7 heteroatoms. The van der Waals surface area contributed by atoms with Crippen LogP contribution in [-0.4, -0.2) is 52.6 Å². The maximum Gasteiger partial charge on any atom is 0.258 e. The van der Waals surface area contributed by atoms with Gasteiger partial charge in [-0.2, -0.15) is 0 Å². The van der Waals surface area contributed by atoms with Crippen LogP contribution in [0.25, 0.3) is 5.65 Å². The quantitative estimate of drug-likeness (QED) is 0.702. The SMILES string of the molecule is COc1cnccc1N1CCN(Cc2cc(=O)n3cc(C)ccc3n2)CC1. The number of rotatable bonds is 4.